The average Bonchev–Trinajstić information content (AvgIpc) is 2.75. The molecule has 1 fully saturated rings. The fraction of sp³-hybridized carbons (Fsp3) is 0.909. The van der Waals surface area contributed by atoms with Crippen LogP contribution in [0.25, 0.3) is 10.4 Å². The summed E-state index contributed by atoms with van der Waals surface area (Å²) < 4.78 is 10.5. The summed E-state index contributed by atoms with van der Waals surface area (Å²) in [5.74, 6) is -0.474. The molecule has 0 aromatic heterocycles. The number of nitrogens with zero attached hydrogens (tertiary/aromatic N) is 3. The number of methoxy groups -OCH3 is 1. The van der Waals surface area contributed by atoms with Crippen LogP contribution in [0.5, 0.6) is 0 Å². The van der Waals surface area contributed by atoms with Crippen LogP contribution in [-0.4, -0.2) is 31.3 Å². The molecule has 0 bridgehead atoms. The van der Waals surface area contributed by atoms with E-state index < -0.39 is 0 Å². The Hall–Kier alpha value is -1.26. The predicted molar refractivity (Wildman–Crippen MR) is 62.3 cm³/mol. The molecule has 1 rings (SSSR count). The van der Waals surface area contributed by atoms with Crippen molar-refractivity contribution in [1.29, 1.82) is 0 Å². The lowest BCUT2D eigenvalue weighted by Crippen LogP contribution is -2.27. The van der Waals surface area contributed by atoms with Gasteiger partial charge in [0, 0.05) is 11.0 Å². The van der Waals surface area contributed by atoms with Crippen molar-refractivity contribution in [2.45, 2.75) is 51.4 Å². The highest BCUT2D eigenvalue weighted by atomic mass is 16.5. The summed E-state index contributed by atoms with van der Waals surface area (Å²) in [6.07, 6.45) is 2.45. The quantitative estimate of drug-likeness (QED) is 0.320. The van der Waals surface area contributed by atoms with Gasteiger partial charge in [-0.15, -0.1) is 0 Å². The van der Waals surface area contributed by atoms with Crippen molar-refractivity contribution in [3.05, 3.63) is 10.4 Å². The first kappa shape index (κ1) is 13.8. The van der Waals surface area contributed by atoms with Crippen LogP contribution >= 0.6 is 0 Å². The van der Waals surface area contributed by atoms with Gasteiger partial charge < -0.3 is 9.47 Å². The summed E-state index contributed by atoms with van der Waals surface area (Å²) >= 11 is 0. The molecule has 96 valence electrons. The van der Waals surface area contributed by atoms with Crippen molar-refractivity contribution in [2.75, 3.05) is 7.11 Å². The number of esters is 1. The number of rotatable bonds is 5. The van der Waals surface area contributed by atoms with Crippen molar-refractivity contribution < 1.29 is 14.3 Å². The summed E-state index contributed by atoms with van der Waals surface area (Å²) in [5, 5.41) is 3.62. The van der Waals surface area contributed by atoms with Gasteiger partial charge in [0.25, 0.3) is 0 Å². The van der Waals surface area contributed by atoms with Crippen molar-refractivity contribution in [3.63, 3.8) is 0 Å². The number of azide groups is 1. The lowest BCUT2D eigenvalue weighted by Gasteiger charge is -2.19. The molecular formula is C11H19N3O3. The van der Waals surface area contributed by atoms with E-state index in [1.165, 1.54) is 7.11 Å². The fourth-order valence-corrected chi connectivity index (χ4v) is 2.13. The lowest BCUT2D eigenvalue weighted by atomic mass is 10.0. The van der Waals surface area contributed by atoms with Gasteiger partial charge >= 0.3 is 5.97 Å². The van der Waals surface area contributed by atoms with Gasteiger partial charge in [-0.25, -0.2) is 0 Å². The molecule has 6 nitrogen and oxygen atoms in total. The Morgan fingerprint density at radius 3 is 2.88 bits per heavy atom. The normalized spacial score (nSPS) is 27.0. The third-order valence-electron chi connectivity index (χ3n) is 3.12. The molecule has 1 aliphatic heterocycles. The zero-order chi connectivity index (χ0) is 12.8. The minimum atomic E-state index is -0.237. The maximum Gasteiger partial charge on any atom is 0.311 e. The first-order chi connectivity index (χ1) is 8.08. The van der Waals surface area contributed by atoms with Gasteiger partial charge in [-0.1, -0.05) is 12.0 Å². The van der Waals surface area contributed by atoms with E-state index in [0.717, 1.165) is 12.8 Å². The Morgan fingerprint density at radius 1 is 1.59 bits per heavy atom. The SMILES string of the molecule is COC(=O)C(C)C1CC[C@@H](C[C@H](C)N=[N+]=[N-])O1. The fourth-order valence-electron chi connectivity index (χ4n) is 2.13. The molecule has 0 radical (unpaired) electrons. The Bertz CT molecular complexity index is 315. The molecule has 0 aromatic carbocycles. The van der Waals surface area contributed by atoms with Gasteiger partial charge in [-0.05, 0) is 31.7 Å². The molecule has 0 spiro atoms. The Labute approximate surface area is 101 Å². The maximum atomic E-state index is 11.4. The lowest BCUT2D eigenvalue weighted by molar-refractivity contribution is -0.149. The first-order valence-corrected chi connectivity index (χ1v) is 5.86. The molecule has 0 aliphatic carbocycles. The molecule has 1 heterocycles. The first-order valence-electron chi connectivity index (χ1n) is 5.86. The minimum Gasteiger partial charge on any atom is -0.469 e. The maximum absolute atomic E-state index is 11.4. The van der Waals surface area contributed by atoms with Crippen molar-refractivity contribution >= 4 is 5.97 Å². The third-order valence-corrected chi connectivity index (χ3v) is 3.12. The number of hydrogen-bond donors (Lipinski definition) is 0. The Morgan fingerprint density at radius 2 is 2.29 bits per heavy atom. The second kappa shape index (κ2) is 6.47. The molecular weight excluding hydrogens is 222 g/mol. The molecule has 1 aliphatic rings. The standard InChI is InChI=1S/C11H19N3O3/c1-7(13-14-12)6-9-4-5-10(17-9)8(2)11(15)16-3/h7-10H,4-6H2,1-3H3/t7-,8?,9-,10?/m0/s1. The number of ether oxygens (including phenoxy) is 2. The highest BCUT2D eigenvalue weighted by molar-refractivity contribution is 5.72. The van der Waals surface area contributed by atoms with Crippen LogP contribution in [0, 0.1) is 5.92 Å². The Kier molecular flexibility index (Phi) is 5.25. The van der Waals surface area contributed by atoms with Crippen LogP contribution in [-0.2, 0) is 14.3 Å². The van der Waals surface area contributed by atoms with Crippen LogP contribution in [0.3, 0.4) is 0 Å². The van der Waals surface area contributed by atoms with Crippen LogP contribution in [0.1, 0.15) is 33.1 Å². The molecule has 6 heteroatoms. The summed E-state index contributed by atoms with van der Waals surface area (Å²) in [7, 11) is 1.38. The summed E-state index contributed by atoms with van der Waals surface area (Å²) in [4.78, 5) is 14.1. The second-order valence-electron chi connectivity index (χ2n) is 4.48. The van der Waals surface area contributed by atoms with Crippen molar-refractivity contribution in [2.24, 2.45) is 11.0 Å². The molecule has 0 aromatic rings. The Balaban J connectivity index is 2.41. The van der Waals surface area contributed by atoms with Crippen LogP contribution in [0.4, 0.5) is 0 Å². The van der Waals surface area contributed by atoms with Gasteiger partial charge in [-0.3, -0.25) is 4.79 Å². The number of carbonyl (C=O) groups is 1. The molecule has 1 saturated heterocycles. The van der Waals surface area contributed by atoms with E-state index in [1.807, 2.05) is 13.8 Å². The van der Waals surface area contributed by atoms with E-state index in [0.29, 0.717) is 6.42 Å². The average molecular weight is 241 g/mol. The van der Waals surface area contributed by atoms with Crippen LogP contribution in [0.2, 0.25) is 0 Å². The van der Waals surface area contributed by atoms with Gasteiger partial charge in [0.1, 0.15) is 0 Å². The van der Waals surface area contributed by atoms with Gasteiger partial charge in [0.15, 0.2) is 0 Å². The molecule has 0 saturated carbocycles. The topological polar surface area (TPSA) is 84.3 Å². The summed E-state index contributed by atoms with van der Waals surface area (Å²) in [6, 6.07) is -0.0721. The molecule has 0 N–H and O–H groups in total. The monoisotopic (exact) mass is 241 g/mol. The zero-order valence-electron chi connectivity index (χ0n) is 10.5. The van der Waals surface area contributed by atoms with Crippen molar-refractivity contribution in [1.82, 2.24) is 0 Å². The van der Waals surface area contributed by atoms with Gasteiger partial charge in [0.2, 0.25) is 0 Å². The molecule has 4 atom stereocenters. The number of hydrogen-bond acceptors (Lipinski definition) is 4. The smallest absolute Gasteiger partial charge is 0.311 e. The minimum absolute atomic E-state index is 0.0721. The van der Waals surface area contributed by atoms with E-state index >= 15 is 0 Å². The highest BCUT2D eigenvalue weighted by Crippen LogP contribution is 2.28. The van der Waals surface area contributed by atoms with Crippen molar-refractivity contribution in [3.8, 4) is 0 Å². The van der Waals surface area contributed by atoms with Gasteiger partial charge in [0.05, 0.1) is 25.2 Å². The highest BCUT2D eigenvalue weighted by Gasteiger charge is 2.33. The van der Waals surface area contributed by atoms with E-state index in [9.17, 15) is 4.79 Å². The summed E-state index contributed by atoms with van der Waals surface area (Å²) in [5.41, 5.74) is 8.31. The second-order valence-corrected chi connectivity index (χ2v) is 4.48. The van der Waals surface area contributed by atoms with E-state index in [-0.39, 0.29) is 30.1 Å². The third kappa shape index (κ3) is 3.91. The molecule has 2 unspecified atom stereocenters. The predicted octanol–water partition coefficient (Wildman–Crippen LogP) is 2.43. The van der Waals surface area contributed by atoms with Crippen LogP contribution in [0.15, 0.2) is 5.11 Å². The molecule has 17 heavy (non-hydrogen) atoms. The van der Waals surface area contributed by atoms with E-state index in [1.54, 1.807) is 0 Å². The van der Waals surface area contributed by atoms with Gasteiger partial charge in [-0.2, -0.15) is 0 Å². The summed E-state index contributed by atoms with van der Waals surface area (Å²) in [6.45, 7) is 3.68. The van der Waals surface area contributed by atoms with E-state index in [2.05, 4.69) is 10.0 Å². The largest absolute Gasteiger partial charge is 0.469 e. The zero-order valence-corrected chi connectivity index (χ0v) is 10.5. The molecule has 0 amide bonds. The van der Waals surface area contributed by atoms with E-state index in [4.69, 9.17) is 15.0 Å². The van der Waals surface area contributed by atoms with Crippen LogP contribution < -0.4 is 0 Å². The number of carbonyl (C=O) groups excluding carboxylic acids is 1.